The van der Waals surface area contributed by atoms with E-state index in [4.69, 9.17) is 14.2 Å². The van der Waals surface area contributed by atoms with E-state index in [9.17, 15) is 14.4 Å². The molecular weight excluding hydrogens is 362 g/mol. The number of ether oxygens (including phenoxy) is 3. The molecule has 0 radical (unpaired) electrons. The standard InChI is InChI=1S/C21H29NO6/c1-15(2)19(26-18(24)17-10-6-4-7-11-17)27-20(25)22-14-21(28-16(3)23)12-8-5-9-13-21/h4,6-7,10-11,15,19H,5,8-9,12-14H2,1-3H3,(H,22,25). The van der Waals surface area contributed by atoms with Crippen molar-refractivity contribution in [3.8, 4) is 0 Å². The van der Waals surface area contributed by atoms with Crippen molar-refractivity contribution in [2.45, 2.75) is 64.8 Å². The third-order valence-electron chi connectivity index (χ3n) is 4.68. The highest BCUT2D eigenvalue weighted by Crippen LogP contribution is 2.31. The van der Waals surface area contributed by atoms with Crippen LogP contribution in [0.2, 0.25) is 0 Å². The molecule has 0 saturated heterocycles. The molecule has 1 aliphatic carbocycles. The molecule has 0 aromatic heterocycles. The van der Waals surface area contributed by atoms with Crippen LogP contribution >= 0.6 is 0 Å². The fourth-order valence-corrected chi connectivity index (χ4v) is 3.24. The van der Waals surface area contributed by atoms with Crippen LogP contribution in [0.4, 0.5) is 4.79 Å². The molecule has 0 aliphatic heterocycles. The lowest BCUT2D eigenvalue weighted by Crippen LogP contribution is -2.48. The molecule has 7 heteroatoms. The Labute approximate surface area is 165 Å². The zero-order chi connectivity index (χ0) is 20.6. The topological polar surface area (TPSA) is 90.9 Å². The fourth-order valence-electron chi connectivity index (χ4n) is 3.24. The number of hydrogen-bond donors (Lipinski definition) is 1. The first-order chi connectivity index (χ1) is 13.3. The molecule has 1 atom stereocenters. The Morgan fingerprint density at radius 2 is 1.68 bits per heavy atom. The number of benzene rings is 1. The van der Waals surface area contributed by atoms with Crippen LogP contribution in [0.15, 0.2) is 30.3 Å². The smallest absolute Gasteiger partial charge is 0.410 e. The Bertz CT molecular complexity index is 667. The molecule has 1 aromatic carbocycles. The Hall–Kier alpha value is -2.57. The molecule has 1 N–H and O–H groups in total. The number of rotatable bonds is 7. The molecule has 1 aromatic rings. The van der Waals surface area contributed by atoms with E-state index in [-0.39, 0.29) is 18.4 Å². The molecule has 0 heterocycles. The van der Waals surface area contributed by atoms with Gasteiger partial charge in [-0.1, -0.05) is 38.5 Å². The normalized spacial score (nSPS) is 16.7. The summed E-state index contributed by atoms with van der Waals surface area (Å²) in [5, 5.41) is 2.67. The molecule has 1 fully saturated rings. The molecule has 7 nitrogen and oxygen atoms in total. The predicted molar refractivity (Wildman–Crippen MR) is 103 cm³/mol. The van der Waals surface area contributed by atoms with Gasteiger partial charge in [-0.05, 0) is 37.8 Å². The van der Waals surface area contributed by atoms with Gasteiger partial charge in [0.2, 0.25) is 0 Å². The van der Waals surface area contributed by atoms with Crippen molar-refractivity contribution >= 4 is 18.0 Å². The van der Waals surface area contributed by atoms with E-state index in [0.717, 1.165) is 19.3 Å². The summed E-state index contributed by atoms with van der Waals surface area (Å²) in [6.07, 6.45) is 2.62. The van der Waals surface area contributed by atoms with Crippen molar-refractivity contribution in [1.29, 1.82) is 0 Å². The third-order valence-corrected chi connectivity index (χ3v) is 4.68. The van der Waals surface area contributed by atoms with Crippen LogP contribution in [-0.2, 0) is 19.0 Å². The van der Waals surface area contributed by atoms with Gasteiger partial charge in [-0.25, -0.2) is 9.59 Å². The minimum atomic E-state index is -1.02. The number of nitrogens with one attached hydrogen (secondary N) is 1. The number of esters is 2. The molecule has 28 heavy (non-hydrogen) atoms. The summed E-state index contributed by atoms with van der Waals surface area (Å²) in [6, 6.07) is 8.52. The van der Waals surface area contributed by atoms with E-state index < -0.39 is 24.0 Å². The van der Waals surface area contributed by atoms with Crippen molar-refractivity contribution in [2.75, 3.05) is 6.54 Å². The van der Waals surface area contributed by atoms with Crippen LogP contribution in [0.5, 0.6) is 0 Å². The van der Waals surface area contributed by atoms with Crippen LogP contribution < -0.4 is 5.32 Å². The highest BCUT2D eigenvalue weighted by Gasteiger charge is 2.36. The Kier molecular flexibility index (Phi) is 7.84. The highest BCUT2D eigenvalue weighted by molar-refractivity contribution is 5.89. The summed E-state index contributed by atoms with van der Waals surface area (Å²) in [7, 11) is 0. The number of amides is 1. The average Bonchev–Trinajstić information content (AvgIpc) is 2.66. The molecule has 1 unspecified atom stereocenters. The van der Waals surface area contributed by atoms with Crippen LogP contribution in [0.1, 0.15) is 63.2 Å². The SMILES string of the molecule is CC(=O)OC1(CNC(=O)OC(OC(=O)c2ccccc2)C(C)C)CCCCC1. The second-order valence-electron chi connectivity index (χ2n) is 7.48. The van der Waals surface area contributed by atoms with Crippen molar-refractivity contribution in [3.05, 3.63) is 35.9 Å². The first-order valence-electron chi connectivity index (χ1n) is 9.71. The minimum absolute atomic E-state index is 0.170. The number of carbonyl (C=O) groups is 3. The first kappa shape index (κ1) is 21.7. The maximum absolute atomic E-state index is 12.3. The molecule has 1 saturated carbocycles. The van der Waals surface area contributed by atoms with Crippen molar-refractivity contribution < 1.29 is 28.6 Å². The van der Waals surface area contributed by atoms with E-state index in [0.29, 0.717) is 18.4 Å². The number of hydrogen-bond acceptors (Lipinski definition) is 6. The average molecular weight is 391 g/mol. The van der Waals surface area contributed by atoms with Crippen molar-refractivity contribution in [2.24, 2.45) is 5.92 Å². The quantitative estimate of drug-likeness (QED) is 0.561. The highest BCUT2D eigenvalue weighted by atomic mass is 16.7. The van der Waals surface area contributed by atoms with Crippen LogP contribution in [0.3, 0.4) is 0 Å². The molecule has 2 rings (SSSR count). The summed E-state index contributed by atoms with van der Waals surface area (Å²) in [4.78, 5) is 36.0. The Balaban J connectivity index is 1.92. The van der Waals surface area contributed by atoms with Gasteiger partial charge in [-0.2, -0.15) is 0 Å². The van der Waals surface area contributed by atoms with Gasteiger partial charge in [-0.15, -0.1) is 0 Å². The summed E-state index contributed by atoms with van der Waals surface area (Å²) < 4.78 is 16.2. The Morgan fingerprint density at radius 3 is 2.25 bits per heavy atom. The van der Waals surface area contributed by atoms with E-state index in [1.807, 2.05) is 0 Å². The molecule has 1 amide bonds. The van der Waals surface area contributed by atoms with Gasteiger partial charge < -0.3 is 19.5 Å². The van der Waals surface area contributed by atoms with Gasteiger partial charge in [0.25, 0.3) is 6.29 Å². The van der Waals surface area contributed by atoms with Crippen molar-refractivity contribution in [3.63, 3.8) is 0 Å². The first-order valence-corrected chi connectivity index (χ1v) is 9.71. The zero-order valence-corrected chi connectivity index (χ0v) is 16.7. The van der Waals surface area contributed by atoms with Gasteiger partial charge in [0.1, 0.15) is 5.60 Å². The van der Waals surface area contributed by atoms with Gasteiger partial charge in [0, 0.05) is 12.8 Å². The second-order valence-corrected chi connectivity index (χ2v) is 7.48. The van der Waals surface area contributed by atoms with E-state index in [2.05, 4.69) is 5.32 Å². The predicted octanol–water partition coefficient (Wildman–Crippen LogP) is 3.82. The maximum Gasteiger partial charge on any atom is 0.410 e. The number of carbonyl (C=O) groups excluding carboxylic acids is 3. The number of alkyl carbamates (subject to hydrolysis) is 1. The summed E-state index contributed by atoms with van der Waals surface area (Å²) in [6.45, 7) is 5.12. The summed E-state index contributed by atoms with van der Waals surface area (Å²) >= 11 is 0. The molecule has 0 bridgehead atoms. The molecule has 154 valence electrons. The largest absolute Gasteiger partial charge is 0.457 e. The zero-order valence-electron chi connectivity index (χ0n) is 16.7. The monoisotopic (exact) mass is 391 g/mol. The summed E-state index contributed by atoms with van der Waals surface area (Å²) in [5.41, 5.74) is -0.315. The van der Waals surface area contributed by atoms with Crippen LogP contribution in [-0.4, -0.2) is 36.5 Å². The lowest BCUT2D eigenvalue weighted by molar-refractivity contribution is -0.160. The van der Waals surface area contributed by atoms with Crippen LogP contribution in [0.25, 0.3) is 0 Å². The third kappa shape index (κ3) is 6.55. The van der Waals surface area contributed by atoms with Gasteiger partial charge in [-0.3, -0.25) is 4.79 Å². The van der Waals surface area contributed by atoms with E-state index in [1.165, 1.54) is 6.92 Å². The van der Waals surface area contributed by atoms with Gasteiger partial charge >= 0.3 is 18.0 Å². The Morgan fingerprint density at radius 1 is 1.04 bits per heavy atom. The molecule has 1 aliphatic rings. The van der Waals surface area contributed by atoms with Gasteiger partial charge in [0.05, 0.1) is 12.1 Å². The fraction of sp³-hybridized carbons (Fsp3) is 0.571. The molecular formula is C21H29NO6. The minimum Gasteiger partial charge on any atom is -0.457 e. The van der Waals surface area contributed by atoms with E-state index >= 15 is 0 Å². The molecule has 0 spiro atoms. The lowest BCUT2D eigenvalue weighted by atomic mass is 9.84. The van der Waals surface area contributed by atoms with Crippen molar-refractivity contribution in [1.82, 2.24) is 5.32 Å². The van der Waals surface area contributed by atoms with Crippen LogP contribution in [0, 0.1) is 5.92 Å². The van der Waals surface area contributed by atoms with E-state index in [1.54, 1.807) is 44.2 Å². The van der Waals surface area contributed by atoms with Gasteiger partial charge in [0.15, 0.2) is 0 Å². The lowest BCUT2D eigenvalue weighted by Gasteiger charge is -2.36. The second kappa shape index (κ2) is 10.1. The maximum atomic E-state index is 12.3. The summed E-state index contributed by atoms with van der Waals surface area (Å²) in [5.74, 6) is -1.15.